The van der Waals surface area contributed by atoms with E-state index in [0.29, 0.717) is 12.8 Å². The molecule has 8 nitrogen and oxygen atoms in total. The van der Waals surface area contributed by atoms with Gasteiger partial charge in [-0.15, -0.1) is 0 Å². The Balaban J connectivity index is 0.983. The van der Waals surface area contributed by atoms with E-state index in [1.807, 2.05) is 30.3 Å². The second-order valence-corrected chi connectivity index (χ2v) is 15.5. The van der Waals surface area contributed by atoms with Gasteiger partial charge in [0.15, 0.2) is 0 Å². The van der Waals surface area contributed by atoms with Crippen molar-refractivity contribution in [1.82, 2.24) is 0 Å². The molecule has 0 saturated carbocycles. The first-order valence-corrected chi connectivity index (χ1v) is 19.4. The molecule has 3 unspecified atom stereocenters. The molecule has 0 aliphatic rings. The van der Waals surface area contributed by atoms with Crippen molar-refractivity contribution in [1.29, 1.82) is 0 Å². The molecular weight excluding hydrogens is 670 g/mol. The Labute approximate surface area is 289 Å². The largest absolute Gasteiger partial charge is 0.469 e. The van der Waals surface area contributed by atoms with Gasteiger partial charge in [-0.05, 0) is 88.6 Å². The second-order valence-electron chi connectivity index (χ2n) is 13.1. The van der Waals surface area contributed by atoms with Crippen molar-refractivity contribution in [2.45, 2.75) is 12.8 Å². The molecule has 8 rings (SSSR count). The maximum atomic E-state index is 13.1. The third-order valence-corrected chi connectivity index (χ3v) is 11.1. The monoisotopic (exact) mass is 706 g/mol. The van der Waals surface area contributed by atoms with E-state index in [1.54, 1.807) is 0 Å². The molecule has 0 bridgehead atoms. The Hall–Kier alpha value is -3.94. The summed E-state index contributed by atoms with van der Waals surface area (Å²) in [5, 5.41) is 23.9. The molecule has 0 aliphatic carbocycles. The lowest BCUT2D eigenvalue weighted by Gasteiger charge is -2.21. The number of rotatable bonds is 14. The molecule has 0 aromatic heterocycles. The van der Waals surface area contributed by atoms with Crippen LogP contribution in [0.3, 0.4) is 0 Å². The molecule has 0 saturated heterocycles. The first-order chi connectivity index (χ1) is 24.3. The highest BCUT2D eigenvalue weighted by molar-refractivity contribution is 7.46. The fourth-order valence-corrected chi connectivity index (χ4v) is 8.82. The third-order valence-electron chi connectivity index (χ3n) is 9.82. The summed E-state index contributed by atoms with van der Waals surface area (Å²) in [6, 6.07) is 37.5. The van der Waals surface area contributed by atoms with Gasteiger partial charge in [0.25, 0.3) is 0 Å². The summed E-state index contributed by atoms with van der Waals surface area (Å²) < 4.78 is 41.1. The van der Waals surface area contributed by atoms with Gasteiger partial charge in [-0.3, -0.25) is 9.09 Å². The predicted molar refractivity (Wildman–Crippen MR) is 201 cm³/mol. The molecule has 10 heteroatoms. The lowest BCUT2D eigenvalue weighted by Crippen LogP contribution is -2.18. The van der Waals surface area contributed by atoms with Crippen molar-refractivity contribution in [3.8, 4) is 0 Å². The summed E-state index contributed by atoms with van der Waals surface area (Å²) in [5.41, 5.74) is 2.05. The maximum Gasteiger partial charge on any atom is 0.469 e. The van der Waals surface area contributed by atoms with E-state index >= 15 is 0 Å². The number of benzene rings is 8. The topological polar surface area (TPSA) is 123 Å². The van der Waals surface area contributed by atoms with Crippen molar-refractivity contribution < 1.29 is 37.6 Å². The van der Waals surface area contributed by atoms with Crippen molar-refractivity contribution in [3.63, 3.8) is 0 Å². The van der Waals surface area contributed by atoms with Gasteiger partial charge in [-0.25, -0.2) is 4.57 Å². The lowest BCUT2D eigenvalue weighted by molar-refractivity contribution is 0.118. The number of phosphoric acid groups is 1. The molecule has 8 aromatic rings. The summed E-state index contributed by atoms with van der Waals surface area (Å²) in [6.45, 7) is -0.549. The van der Waals surface area contributed by atoms with Crippen LogP contribution in [-0.4, -0.2) is 41.3 Å². The zero-order chi connectivity index (χ0) is 34.4. The van der Waals surface area contributed by atoms with Crippen LogP contribution in [-0.2, 0) is 35.5 Å². The van der Waals surface area contributed by atoms with Crippen LogP contribution in [0, 0.1) is 11.8 Å². The third kappa shape index (κ3) is 6.51. The van der Waals surface area contributed by atoms with E-state index < -0.39 is 22.0 Å². The number of hydrogen-bond acceptors (Lipinski definition) is 6. The number of hydrogen-bond donors (Lipinski definition) is 3. The quantitative estimate of drug-likeness (QED) is 0.0757. The van der Waals surface area contributed by atoms with Gasteiger partial charge in [-0.1, -0.05) is 109 Å². The smallest absolute Gasteiger partial charge is 0.396 e. The van der Waals surface area contributed by atoms with E-state index in [2.05, 4.69) is 78.9 Å². The van der Waals surface area contributed by atoms with Crippen LogP contribution in [0.15, 0.2) is 109 Å². The van der Waals surface area contributed by atoms with E-state index in [4.69, 9.17) is 13.6 Å². The highest BCUT2D eigenvalue weighted by Gasteiger charge is 2.23. The molecule has 0 radical (unpaired) electrons. The van der Waals surface area contributed by atoms with Crippen LogP contribution in [0.2, 0.25) is 0 Å². The van der Waals surface area contributed by atoms with E-state index in [-0.39, 0.29) is 32.3 Å². The molecule has 50 heavy (non-hydrogen) atoms. The number of aliphatic hydroxyl groups excluding tert-OH is 1. The normalized spacial score (nSPS) is 14.5. The molecule has 254 valence electrons. The predicted octanol–water partition coefficient (Wildman–Crippen LogP) is 9.02. The van der Waals surface area contributed by atoms with Crippen LogP contribution < -0.4 is 0 Å². The highest BCUT2D eigenvalue weighted by Crippen LogP contribution is 2.41. The average molecular weight is 707 g/mol. The zero-order valence-corrected chi connectivity index (χ0v) is 29.0. The fourth-order valence-electron chi connectivity index (χ4n) is 7.59. The molecule has 3 N–H and O–H groups in total. The molecule has 8 aromatic carbocycles. The summed E-state index contributed by atoms with van der Waals surface area (Å²) in [7, 11) is -7.77. The Morgan fingerprint density at radius 3 is 1.46 bits per heavy atom. The van der Waals surface area contributed by atoms with Crippen LogP contribution in [0.1, 0.15) is 11.1 Å². The van der Waals surface area contributed by atoms with Crippen LogP contribution in [0.4, 0.5) is 0 Å². The van der Waals surface area contributed by atoms with Gasteiger partial charge >= 0.3 is 16.1 Å². The molecule has 3 atom stereocenters. The van der Waals surface area contributed by atoms with Gasteiger partial charge in [0.2, 0.25) is 0 Å². The van der Waals surface area contributed by atoms with Crippen molar-refractivity contribution in [3.05, 3.63) is 120 Å². The van der Waals surface area contributed by atoms with Crippen molar-refractivity contribution >= 4 is 80.7 Å². The second kappa shape index (κ2) is 13.6. The summed E-state index contributed by atoms with van der Waals surface area (Å²) in [5.74, 6) is -0.863. The Bertz CT molecular complexity index is 2540. The number of phosphoric ester groups is 1. The highest BCUT2D eigenvalue weighted by atomic mass is 31.2. The summed E-state index contributed by atoms with van der Waals surface area (Å²) in [6.07, 6.45) is 0.883. The van der Waals surface area contributed by atoms with E-state index in [9.17, 15) is 24.0 Å². The molecular formula is C40H36O8P2. The van der Waals surface area contributed by atoms with Gasteiger partial charge in [0.05, 0.1) is 19.8 Å². The van der Waals surface area contributed by atoms with Gasteiger partial charge in [0.1, 0.15) is 0 Å². The van der Waals surface area contributed by atoms with Crippen molar-refractivity contribution in [2.24, 2.45) is 11.8 Å². The Morgan fingerprint density at radius 1 is 0.560 bits per heavy atom. The van der Waals surface area contributed by atoms with Crippen LogP contribution in [0.5, 0.6) is 0 Å². The fraction of sp³-hybridized carbons (Fsp3) is 0.200. The van der Waals surface area contributed by atoms with Gasteiger partial charge in [-0.2, -0.15) is 0 Å². The Kier molecular flexibility index (Phi) is 9.07. The summed E-state index contributed by atoms with van der Waals surface area (Å²) in [4.78, 5) is 19.0. The first kappa shape index (κ1) is 33.2. The van der Waals surface area contributed by atoms with Crippen LogP contribution >= 0.6 is 16.1 Å². The molecule has 0 aliphatic heterocycles. The van der Waals surface area contributed by atoms with E-state index in [0.717, 1.165) is 54.2 Å². The minimum atomic E-state index is -4.76. The minimum absolute atomic E-state index is 0.0189. The van der Waals surface area contributed by atoms with Crippen molar-refractivity contribution in [2.75, 3.05) is 26.4 Å². The van der Waals surface area contributed by atoms with E-state index in [1.165, 1.54) is 21.5 Å². The molecule has 0 fully saturated rings. The first-order valence-electron chi connectivity index (χ1n) is 16.7. The summed E-state index contributed by atoms with van der Waals surface area (Å²) >= 11 is 0. The van der Waals surface area contributed by atoms with Gasteiger partial charge in [0, 0.05) is 18.4 Å². The van der Waals surface area contributed by atoms with Gasteiger partial charge < -0.3 is 23.9 Å². The SMILES string of the molecule is O=[PH](OCC(CO)Cc1cc2cccc3ccc4cccc1c4c32)OCC(COP(=O)(O)O)Cc1cc2cccc3ccc4cccc1c4c32. The zero-order valence-electron chi connectivity index (χ0n) is 27.1. The average Bonchev–Trinajstić information content (AvgIpc) is 3.12. The molecule has 0 heterocycles. The standard InChI is InChI=1S/C40H36O8P2/c41-21-25(17-33-19-31-9-1-5-27-13-15-29-7-3-11-35(33)39(29)37(27)31)22-46-49(42)47-23-26(24-48-50(43,44)45)18-34-20-32-10-2-6-28-14-16-30-8-4-12-36(34)40(30)38(28)32/h1-16,19-20,25-26,41,49H,17-18,21-24H2,(H2,43,44,45). The minimum Gasteiger partial charge on any atom is -0.396 e. The molecule has 0 amide bonds. The number of aliphatic hydroxyl groups is 1. The van der Waals surface area contributed by atoms with Crippen LogP contribution in [0.25, 0.3) is 64.6 Å². The maximum absolute atomic E-state index is 13.1. The Morgan fingerprint density at radius 2 is 0.980 bits per heavy atom. The molecule has 0 spiro atoms. The lowest BCUT2D eigenvalue weighted by atomic mass is 9.88.